The van der Waals surface area contributed by atoms with Gasteiger partial charge in [-0.05, 0) is 55.0 Å². The molecular weight excluding hydrogens is 286 g/mol. The van der Waals surface area contributed by atoms with Crippen molar-refractivity contribution in [3.05, 3.63) is 41.7 Å². The fourth-order valence-corrected chi connectivity index (χ4v) is 3.62. The number of benzene rings is 1. The van der Waals surface area contributed by atoms with E-state index in [0.29, 0.717) is 5.92 Å². The predicted octanol–water partition coefficient (Wildman–Crippen LogP) is 3.84. The first-order chi connectivity index (χ1) is 11.2. The van der Waals surface area contributed by atoms with Gasteiger partial charge in [0.05, 0.1) is 5.52 Å². The minimum Gasteiger partial charge on any atom is -0.490 e. The van der Waals surface area contributed by atoms with E-state index in [0.717, 1.165) is 29.2 Å². The Morgan fingerprint density at radius 1 is 1.22 bits per heavy atom. The van der Waals surface area contributed by atoms with Crippen molar-refractivity contribution < 1.29 is 4.74 Å². The Labute approximate surface area is 135 Å². The molecule has 1 saturated carbocycles. The van der Waals surface area contributed by atoms with Gasteiger partial charge in [0, 0.05) is 31.2 Å². The van der Waals surface area contributed by atoms with Gasteiger partial charge in [0.25, 0.3) is 0 Å². The number of rotatable bonds is 2. The van der Waals surface area contributed by atoms with Crippen LogP contribution in [0.4, 0.5) is 0 Å². The summed E-state index contributed by atoms with van der Waals surface area (Å²) >= 11 is 0. The van der Waals surface area contributed by atoms with E-state index >= 15 is 0 Å². The van der Waals surface area contributed by atoms with Gasteiger partial charge in [-0.2, -0.15) is 0 Å². The Hall–Kier alpha value is -2.36. The lowest BCUT2D eigenvalue weighted by Gasteiger charge is -2.11. The number of hydrogen-bond donors (Lipinski definition) is 0. The molecule has 0 saturated heterocycles. The number of fused-ring (bicyclic) bond motifs is 2. The summed E-state index contributed by atoms with van der Waals surface area (Å²) in [6, 6.07) is 6.65. The zero-order chi connectivity index (χ0) is 15.6. The van der Waals surface area contributed by atoms with Gasteiger partial charge in [0.15, 0.2) is 5.82 Å². The molecule has 3 heterocycles. The highest BCUT2D eigenvalue weighted by molar-refractivity contribution is 5.88. The highest BCUT2D eigenvalue weighted by Crippen LogP contribution is 2.45. The predicted molar refractivity (Wildman–Crippen MR) is 89.7 cm³/mol. The maximum Gasteiger partial charge on any atom is 0.158 e. The molecule has 2 aromatic heterocycles. The molecule has 0 spiro atoms. The zero-order valence-electron chi connectivity index (χ0n) is 13.4. The standard InChI is InChI=1S/C19H19N3O/c1-11-7-13-8-16-15(10-18(13)23-11)14(12-3-4-12)9-17(21-16)19-20-5-6-22(19)2/h5-6,8-12H,3-4,7H2,1-2H3. The van der Waals surface area contributed by atoms with Gasteiger partial charge in [-0.15, -0.1) is 0 Å². The molecule has 1 aromatic carbocycles. The third-order valence-electron chi connectivity index (χ3n) is 4.93. The number of ether oxygens (including phenoxy) is 1. The van der Waals surface area contributed by atoms with E-state index in [2.05, 4.69) is 30.1 Å². The molecule has 1 aliphatic carbocycles. The summed E-state index contributed by atoms with van der Waals surface area (Å²) in [6.45, 7) is 2.12. The molecule has 0 N–H and O–H groups in total. The van der Waals surface area contributed by atoms with E-state index in [9.17, 15) is 0 Å². The molecule has 1 atom stereocenters. The van der Waals surface area contributed by atoms with Gasteiger partial charge in [0.1, 0.15) is 17.5 Å². The molecule has 4 heteroatoms. The van der Waals surface area contributed by atoms with E-state index in [1.807, 2.05) is 24.0 Å². The zero-order valence-corrected chi connectivity index (χ0v) is 13.4. The summed E-state index contributed by atoms with van der Waals surface area (Å²) in [6.07, 6.45) is 7.58. The first-order valence-corrected chi connectivity index (χ1v) is 8.31. The first kappa shape index (κ1) is 13.1. The Balaban J connectivity index is 1.77. The van der Waals surface area contributed by atoms with Gasteiger partial charge < -0.3 is 9.30 Å². The van der Waals surface area contributed by atoms with E-state index < -0.39 is 0 Å². The van der Waals surface area contributed by atoms with Crippen LogP contribution in [0, 0.1) is 0 Å². The second-order valence-electron chi connectivity index (χ2n) is 6.84. The molecule has 0 radical (unpaired) electrons. The van der Waals surface area contributed by atoms with Gasteiger partial charge in [-0.1, -0.05) is 0 Å². The van der Waals surface area contributed by atoms with Crippen molar-refractivity contribution >= 4 is 10.9 Å². The Morgan fingerprint density at radius 2 is 2.09 bits per heavy atom. The number of nitrogens with zero attached hydrogens (tertiary/aromatic N) is 3. The molecule has 5 rings (SSSR count). The van der Waals surface area contributed by atoms with Crippen molar-refractivity contribution in [1.82, 2.24) is 14.5 Å². The van der Waals surface area contributed by atoms with Crippen LogP contribution >= 0.6 is 0 Å². The van der Waals surface area contributed by atoms with E-state index in [-0.39, 0.29) is 6.10 Å². The topological polar surface area (TPSA) is 39.9 Å². The minimum absolute atomic E-state index is 0.264. The van der Waals surface area contributed by atoms with Crippen molar-refractivity contribution in [2.24, 2.45) is 7.05 Å². The van der Waals surface area contributed by atoms with E-state index in [1.165, 1.54) is 29.4 Å². The second-order valence-corrected chi connectivity index (χ2v) is 6.84. The third-order valence-corrected chi connectivity index (χ3v) is 4.93. The molecule has 1 fully saturated rings. The summed E-state index contributed by atoms with van der Waals surface area (Å²) in [5.41, 5.74) is 4.72. The first-order valence-electron chi connectivity index (χ1n) is 8.31. The number of hydrogen-bond acceptors (Lipinski definition) is 3. The summed E-state index contributed by atoms with van der Waals surface area (Å²) in [5, 5.41) is 1.25. The third kappa shape index (κ3) is 2.05. The van der Waals surface area contributed by atoms with Crippen molar-refractivity contribution in [3.63, 3.8) is 0 Å². The summed E-state index contributed by atoms with van der Waals surface area (Å²) in [7, 11) is 2.02. The molecule has 0 amide bonds. The van der Waals surface area contributed by atoms with Crippen LogP contribution in [0.25, 0.3) is 22.4 Å². The monoisotopic (exact) mass is 305 g/mol. The highest BCUT2D eigenvalue weighted by atomic mass is 16.5. The number of imidazole rings is 1. The van der Waals surface area contributed by atoms with Crippen molar-refractivity contribution in [1.29, 1.82) is 0 Å². The highest BCUT2D eigenvalue weighted by Gasteiger charge is 2.28. The van der Waals surface area contributed by atoms with E-state index in [4.69, 9.17) is 9.72 Å². The quantitative estimate of drug-likeness (QED) is 0.722. The number of aromatic nitrogens is 3. The Morgan fingerprint density at radius 3 is 2.83 bits per heavy atom. The van der Waals surface area contributed by atoms with Crippen LogP contribution in [0.5, 0.6) is 5.75 Å². The Kier molecular flexibility index (Phi) is 2.61. The molecule has 23 heavy (non-hydrogen) atoms. The van der Waals surface area contributed by atoms with Crippen molar-refractivity contribution in [2.45, 2.75) is 38.2 Å². The summed E-state index contributed by atoms with van der Waals surface area (Å²) in [4.78, 5) is 9.39. The average Bonchev–Trinajstić information content (AvgIpc) is 3.18. The molecule has 0 bridgehead atoms. The molecule has 116 valence electrons. The normalized spacial score (nSPS) is 19.8. The van der Waals surface area contributed by atoms with Crippen LogP contribution < -0.4 is 4.74 Å². The van der Waals surface area contributed by atoms with Crippen LogP contribution in [0.2, 0.25) is 0 Å². The lowest BCUT2D eigenvalue weighted by atomic mass is 10.0. The van der Waals surface area contributed by atoms with Gasteiger partial charge in [0.2, 0.25) is 0 Å². The van der Waals surface area contributed by atoms with E-state index in [1.54, 1.807) is 0 Å². The Bertz CT molecular complexity index is 924. The smallest absolute Gasteiger partial charge is 0.158 e. The van der Waals surface area contributed by atoms with Crippen molar-refractivity contribution in [3.8, 4) is 17.3 Å². The van der Waals surface area contributed by atoms with Crippen LogP contribution in [-0.4, -0.2) is 20.6 Å². The SMILES string of the molecule is CC1Cc2cc3nc(-c4nccn4C)cc(C4CC4)c3cc2O1. The van der Waals surface area contributed by atoms with Crippen LogP contribution in [0.3, 0.4) is 0 Å². The fraction of sp³-hybridized carbons (Fsp3) is 0.368. The second kappa shape index (κ2) is 4.57. The lowest BCUT2D eigenvalue weighted by Crippen LogP contribution is -2.05. The number of aryl methyl sites for hydroxylation is 1. The summed E-state index contributed by atoms with van der Waals surface area (Å²) in [5.74, 6) is 2.63. The largest absolute Gasteiger partial charge is 0.490 e. The molecule has 1 aliphatic heterocycles. The molecule has 2 aliphatic rings. The molecule has 1 unspecified atom stereocenters. The molecular formula is C19H19N3O. The molecule has 4 nitrogen and oxygen atoms in total. The summed E-state index contributed by atoms with van der Waals surface area (Å²) < 4.78 is 7.98. The van der Waals surface area contributed by atoms with Gasteiger partial charge in [-0.25, -0.2) is 9.97 Å². The van der Waals surface area contributed by atoms with Crippen LogP contribution in [-0.2, 0) is 13.5 Å². The lowest BCUT2D eigenvalue weighted by molar-refractivity contribution is 0.255. The number of pyridine rings is 1. The van der Waals surface area contributed by atoms with Crippen LogP contribution in [0.1, 0.15) is 36.8 Å². The van der Waals surface area contributed by atoms with Gasteiger partial charge >= 0.3 is 0 Å². The van der Waals surface area contributed by atoms with Crippen LogP contribution in [0.15, 0.2) is 30.6 Å². The van der Waals surface area contributed by atoms with Crippen molar-refractivity contribution in [2.75, 3.05) is 0 Å². The maximum atomic E-state index is 5.95. The average molecular weight is 305 g/mol. The van der Waals surface area contributed by atoms with Gasteiger partial charge in [-0.3, -0.25) is 0 Å². The minimum atomic E-state index is 0.264. The molecule has 3 aromatic rings. The fourth-order valence-electron chi connectivity index (χ4n) is 3.62. The maximum absolute atomic E-state index is 5.95.